The number of nitrogens with zero attached hydrogens (tertiary/aromatic N) is 3. The van der Waals surface area contributed by atoms with E-state index in [1.807, 2.05) is 16.7 Å². The van der Waals surface area contributed by atoms with E-state index >= 15 is 0 Å². The van der Waals surface area contributed by atoms with Crippen LogP contribution in [0, 0.1) is 0 Å². The first-order valence-corrected chi connectivity index (χ1v) is 11.6. The number of allylic oxidation sites excluding steroid dienone is 1. The van der Waals surface area contributed by atoms with Crippen LogP contribution in [0.15, 0.2) is 65.7 Å². The van der Waals surface area contributed by atoms with Crippen LogP contribution in [0.2, 0.25) is 5.02 Å². The highest BCUT2D eigenvalue weighted by atomic mass is 35.5. The fourth-order valence-electron chi connectivity index (χ4n) is 3.13. The van der Waals surface area contributed by atoms with E-state index in [1.165, 1.54) is 16.5 Å². The van der Waals surface area contributed by atoms with Crippen LogP contribution in [0.5, 0.6) is 5.75 Å². The number of aromatic nitrogens is 3. The molecule has 1 N–H and O–H groups in total. The largest absolute Gasteiger partial charge is 0.495 e. The predicted molar refractivity (Wildman–Crippen MR) is 128 cm³/mol. The van der Waals surface area contributed by atoms with Gasteiger partial charge in [0, 0.05) is 32.6 Å². The summed E-state index contributed by atoms with van der Waals surface area (Å²) in [6, 6.07) is 13.3. The zero-order valence-electron chi connectivity index (χ0n) is 16.7. The van der Waals surface area contributed by atoms with E-state index in [-0.39, 0.29) is 11.7 Å². The lowest BCUT2D eigenvalue weighted by molar-refractivity contribution is -0.113. The molecular weight excluding hydrogens is 452 g/mol. The molecule has 4 rings (SSSR count). The number of halogens is 1. The van der Waals surface area contributed by atoms with Crippen molar-refractivity contribution in [3.8, 4) is 17.1 Å². The molecule has 4 aromatic rings. The number of hydrogen-bond acceptors (Lipinski definition) is 6. The number of hydrogen-bond donors (Lipinski definition) is 1. The zero-order chi connectivity index (χ0) is 21.8. The number of benzene rings is 2. The molecule has 0 atom stereocenters. The van der Waals surface area contributed by atoms with Gasteiger partial charge in [0.1, 0.15) is 5.75 Å². The molecule has 6 nitrogen and oxygen atoms in total. The molecule has 2 heterocycles. The molecule has 0 saturated carbocycles. The van der Waals surface area contributed by atoms with Gasteiger partial charge in [-0.15, -0.1) is 28.1 Å². The molecular formula is C22H19ClN4O2S2. The third kappa shape index (κ3) is 4.61. The highest BCUT2D eigenvalue weighted by Crippen LogP contribution is 2.34. The van der Waals surface area contributed by atoms with Crippen LogP contribution in [0.4, 0.5) is 5.69 Å². The molecule has 0 spiro atoms. The van der Waals surface area contributed by atoms with Crippen molar-refractivity contribution in [1.29, 1.82) is 0 Å². The second-order valence-corrected chi connectivity index (χ2v) is 8.82. The topological polar surface area (TPSA) is 69.0 Å². The maximum Gasteiger partial charge on any atom is 0.234 e. The van der Waals surface area contributed by atoms with Gasteiger partial charge in [-0.1, -0.05) is 47.6 Å². The molecule has 1 amide bonds. The number of carbonyl (C=O) groups excluding carboxylic acids is 1. The van der Waals surface area contributed by atoms with Gasteiger partial charge in [-0.05, 0) is 24.3 Å². The van der Waals surface area contributed by atoms with Gasteiger partial charge >= 0.3 is 0 Å². The Labute approximate surface area is 192 Å². The van der Waals surface area contributed by atoms with Crippen molar-refractivity contribution in [2.45, 2.75) is 11.7 Å². The van der Waals surface area contributed by atoms with E-state index in [0.717, 1.165) is 16.8 Å². The SMILES string of the molecule is C=CCn1c(SCC(=O)Nc2cc(Cl)ccc2OC)nnc1-c1csc2ccccc12. The summed E-state index contributed by atoms with van der Waals surface area (Å²) in [7, 11) is 1.54. The van der Waals surface area contributed by atoms with Crippen LogP contribution in [0.3, 0.4) is 0 Å². The molecule has 0 unspecified atom stereocenters. The Morgan fingerprint density at radius 1 is 1.32 bits per heavy atom. The van der Waals surface area contributed by atoms with Crippen molar-refractivity contribution in [1.82, 2.24) is 14.8 Å². The first-order chi connectivity index (χ1) is 15.1. The first-order valence-electron chi connectivity index (χ1n) is 9.37. The molecule has 158 valence electrons. The number of nitrogens with one attached hydrogen (secondary N) is 1. The summed E-state index contributed by atoms with van der Waals surface area (Å²) in [5, 5.41) is 16.0. The maximum atomic E-state index is 12.5. The highest BCUT2D eigenvalue weighted by Gasteiger charge is 2.18. The van der Waals surface area contributed by atoms with Crippen molar-refractivity contribution in [3.05, 3.63) is 65.5 Å². The third-order valence-corrected chi connectivity index (χ3v) is 6.68. The molecule has 0 fully saturated rings. The standard InChI is InChI=1S/C22H19ClN4O2S2/c1-3-10-27-21(16-12-30-19-7-5-4-6-15(16)19)25-26-22(27)31-13-20(28)24-17-11-14(23)8-9-18(17)29-2/h3-9,11-12H,1,10,13H2,2H3,(H,24,28). The lowest BCUT2D eigenvalue weighted by atomic mass is 10.1. The molecule has 2 aromatic carbocycles. The van der Waals surface area contributed by atoms with Crippen LogP contribution in [0.1, 0.15) is 0 Å². The van der Waals surface area contributed by atoms with Crippen LogP contribution in [-0.2, 0) is 11.3 Å². The Morgan fingerprint density at radius 3 is 2.97 bits per heavy atom. The third-order valence-electron chi connectivity index (χ3n) is 4.52. The summed E-state index contributed by atoms with van der Waals surface area (Å²) in [5.74, 6) is 1.28. The molecule has 0 aliphatic carbocycles. The quantitative estimate of drug-likeness (QED) is 0.263. The smallest absolute Gasteiger partial charge is 0.234 e. The first kappa shape index (κ1) is 21.4. The number of ether oxygens (including phenoxy) is 1. The summed E-state index contributed by atoms with van der Waals surface area (Å²) in [6.45, 7) is 4.39. The molecule has 0 aliphatic heterocycles. The van der Waals surface area contributed by atoms with Crippen molar-refractivity contribution >= 4 is 56.4 Å². The van der Waals surface area contributed by atoms with Gasteiger partial charge in [0.05, 0.1) is 18.6 Å². The van der Waals surface area contributed by atoms with Gasteiger partial charge in [-0.2, -0.15) is 0 Å². The van der Waals surface area contributed by atoms with Gasteiger partial charge < -0.3 is 10.1 Å². The summed E-state index contributed by atoms with van der Waals surface area (Å²) < 4.78 is 8.44. The number of rotatable bonds is 8. The Kier molecular flexibility index (Phi) is 6.60. The van der Waals surface area contributed by atoms with E-state index in [2.05, 4.69) is 39.6 Å². The van der Waals surface area contributed by atoms with E-state index in [0.29, 0.717) is 28.2 Å². The maximum absolute atomic E-state index is 12.5. The summed E-state index contributed by atoms with van der Waals surface area (Å²) in [5.41, 5.74) is 1.55. The lowest BCUT2D eigenvalue weighted by Crippen LogP contribution is -2.15. The normalized spacial score (nSPS) is 10.9. The van der Waals surface area contributed by atoms with Gasteiger partial charge in [-0.25, -0.2) is 0 Å². The average Bonchev–Trinajstić information content (AvgIpc) is 3.36. The van der Waals surface area contributed by atoms with Gasteiger partial charge in [-0.3, -0.25) is 9.36 Å². The number of fused-ring (bicyclic) bond motifs is 1. The number of amides is 1. The second kappa shape index (κ2) is 9.55. The van der Waals surface area contributed by atoms with E-state index < -0.39 is 0 Å². The van der Waals surface area contributed by atoms with Gasteiger partial charge in [0.15, 0.2) is 11.0 Å². The number of carbonyl (C=O) groups is 1. The monoisotopic (exact) mass is 470 g/mol. The van der Waals surface area contributed by atoms with Crippen LogP contribution >= 0.6 is 34.7 Å². The van der Waals surface area contributed by atoms with Gasteiger partial charge in [0.2, 0.25) is 5.91 Å². The second-order valence-electron chi connectivity index (χ2n) is 6.53. The summed E-state index contributed by atoms with van der Waals surface area (Å²) in [4.78, 5) is 12.5. The Balaban J connectivity index is 1.54. The average molecular weight is 471 g/mol. The molecule has 0 aliphatic rings. The minimum atomic E-state index is -0.193. The Hall–Kier alpha value is -2.81. The van der Waals surface area contributed by atoms with E-state index in [9.17, 15) is 4.79 Å². The van der Waals surface area contributed by atoms with Crippen LogP contribution < -0.4 is 10.1 Å². The number of thiophene rings is 1. The van der Waals surface area contributed by atoms with Crippen molar-refractivity contribution in [2.75, 3.05) is 18.2 Å². The number of methoxy groups -OCH3 is 1. The molecule has 9 heteroatoms. The van der Waals surface area contributed by atoms with Crippen molar-refractivity contribution in [3.63, 3.8) is 0 Å². The zero-order valence-corrected chi connectivity index (χ0v) is 19.1. The minimum Gasteiger partial charge on any atom is -0.495 e. The molecule has 0 radical (unpaired) electrons. The van der Waals surface area contributed by atoms with E-state index in [1.54, 1.807) is 42.7 Å². The highest BCUT2D eigenvalue weighted by molar-refractivity contribution is 7.99. The number of anilines is 1. The lowest BCUT2D eigenvalue weighted by Gasteiger charge is -2.11. The predicted octanol–water partition coefficient (Wildman–Crippen LogP) is 5.74. The van der Waals surface area contributed by atoms with Crippen molar-refractivity contribution < 1.29 is 9.53 Å². The van der Waals surface area contributed by atoms with E-state index in [4.69, 9.17) is 16.3 Å². The van der Waals surface area contributed by atoms with Crippen molar-refractivity contribution in [2.24, 2.45) is 0 Å². The molecule has 2 aromatic heterocycles. The Bertz CT molecular complexity index is 1250. The summed E-state index contributed by atoms with van der Waals surface area (Å²) >= 11 is 9.02. The van der Waals surface area contributed by atoms with Crippen LogP contribution in [0.25, 0.3) is 21.5 Å². The fourth-order valence-corrected chi connectivity index (χ4v) is 4.99. The Morgan fingerprint density at radius 2 is 2.16 bits per heavy atom. The minimum absolute atomic E-state index is 0.162. The molecule has 31 heavy (non-hydrogen) atoms. The molecule has 0 bridgehead atoms. The van der Waals surface area contributed by atoms with Crippen LogP contribution in [-0.4, -0.2) is 33.5 Å². The summed E-state index contributed by atoms with van der Waals surface area (Å²) in [6.07, 6.45) is 1.79. The molecule has 0 saturated heterocycles. The number of thioether (sulfide) groups is 1. The van der Waals surface area contributed by atoms with Gasteiger partial charge in [0.25, 0.3) is 0 Å². The fraction of sp³-hybridized carbons (Fsp3) is 0.136.